The van der Waals surface area contributed by atoms with Crippen molar-refractivity contribution in [1.82, 2.24) is 9.13 Å². The maximum atomic E-state index is 9.54. The van der Waals surface area contributed by atoms with Crippen molar-refractivity contribution in [3.8, 4) is 28.9 Å². The summed E-state index contributed by atoms with van der Waals surface area (Å²) in [4.78, 5) is 0. The minimum atomic E-state index is -0.648. The Kier molecular flexibility index (Phi) is 4.82. The third kappa shape index (κ3) is 3.00. The molecule has 0 aliphatic carbocycles. The summed E-state index contributed by atoms with van der Waals surface area (Å²) in [6.45, 7) is 0. The molecule has 0 amide bonds. The number of nitrogens with zero attached hydrogens (tertiary/aromatic N) is 3. The summed E-state index contributed by atoms with van der Waals surface area (Å²) in [7, 11) is 0. The number of hydrogen-bond acceptors (Lipinski definition) is 2. The van der Waals surface area contributed by atoms with Gasteiger partial charge in [0.25, 0.3) is 0 Å². The smallest absolute Gasteiger partial charge is 0.133 e. The number of hydrogen-bond donors (Lipinski definition) is 0. The van der Waals surface area contributed by atoms with E-state index in [9.17, 15) is 5.26 Å². The van der Waals surface area contributed by atoms with Crippen LogP contribution in [0.25, 0.3) is 55.0 Å². The molecule has 1 spiro atoms. The highest BCUT2D eigenvalue weighted by Crippen LogP contribution is 2.61. The molecule has 222 valence electrons. The normalized spacial score (nSPS) is 15.7. The van der Waals surface area contributed by atoms with E-state index in [1.807, 2.05) is 24.3 Å². The standard InChI is InChI=1S/C44H25N3O/c45-26-27-20-22-28(23-21-27)46-37-16-5-2-11-30(37)32-24-42-36(25-40(32)46)44(34-14-4-8-19-41(34)48-42)33-13-3-7-18-39(33)47-38-17-6-1-10-29(38)31-12-9-15-35(44)43(31)47/h1-25H. The van der Waals surface area contributed by atoms with E-state index in [0.717, 1.165) is 50.1 Å². The van der Waals surface area contributed by atoms with Gasteiger partial charge in [-0.05, 0) is 71.8 Å². The number of aromatic nitrogens is 2. The molecule has 1 atom stereocenters. The van der Waals surface area contributed by atoms with Crippen LogP contribution in [0.2, 0.25) is 0 Å². The van der Waals surface area contributed by atoms with E-state index in [1.165, 1.54) is 38.6 Å². The van der Waals surface area contributed by atoms with Crippen LogP contribution in [0.15, 0.2) is 152 Å². The predicted molar refractivity (Wildman–Crippen MR) is 192 cm³/mol. The summed E-state index contributed by atoms with van der Waals surface area (Å²) in [6, 6.07) is 56.3. The van der Waals surface area contributed by atoms with Gasteiger partial charge in [-0.25, -0.2) is 0 Å². The van der Waals surface area contributed by atoms with Gasteiger partial charge in [0, 0.05) is 38.4 Å². The molecular formula is C44H25N3O. The van der Waals surface area contributed by atoms with E-state index >= 15 is 0 Å². The Balaban J connectivity index is 1.35. The molecule has 0 fully saturated rings. The van der Waals surface area contributed by atoms with Gasteiger partial charge in [-0.15, -0.1) is 0 Å². The maximum absolute atomic E-state index is 9.54. The molecule has 0 radical (unpaired) electrons. The van der Waals surface area contributed by atoms with Crippen LogP contribution in [0.4, 0.5) is 0 Å². The molecule has 7 aromatic carbocycles. The second kappa shape index (κ2) is 9.03. The summed E-state index contributed by atoms with van der Waals surface area (Å²) in [5.74, 6) is 1.73. The summed E-state index contributed by atoms with van der Waals surface area (Å²) in [6.07, 6.45) is 0. The molecule has 2 aromatic heterocycles. The zero-order valence-electron chi connectivity index (χ0n) is 25.7. The molecule has 0 bridgehead atoms. The largest absolute Gasteiger partial charge is 0.457 e. The quantitative estimate of drug-likeness (QED) is 0.185. The van der Waals surface area contributed by atoms with E-state index in [4.69, 9.17) is 4.74 Å². The Morgan fingerprint density at radius 2 is 1.12 bits per heavy atom. The zero-order valence-corrected chi connectivity index (χ0v) is 25.7. The van der Waals surface area contributed by atoms with Crippen molar-refractivity contribution in [2.24, 2.45) is 0 Å². The Bertz CT molecular complexity index is 2880. The SMILES string of the molecule is N#Cc1ccc(-n2c3ccccc3c3cc4c(cc32)C2(c3ccccc3O4)c3ccccc3-n3c4ccccc4c4cccc2c43)cc1. The van der Waals surface area contributed by atoms with Gasteiger partial charge >= 0.3 is 0 Å². The van der Waals surface area contributed by atoms with Gasteiger partial charge in [-0.2, -0.15) is 5.26 Å². The Hall–Kier alpha value is -6.57. The fourth-order valence-electron chi connectivity index (χ4n) is 8.75. The minimum absolute atomic E-state index is 0.642. The number of benzene rings is 7. The van der Waals surface area contributed by atoms with Crippen LogP contribution in [0.1, 0.15) is 27.8 Å². The molecule has 11 rings (SSSR count). The summed E-state index contributed by atoms with van der Waals surface area (Å²) in [5, 5.41) is 14.3. The van der Waals surface area contributed by atoms with Gasteiger partial charge in [0.1, 0.15) is 11.5 Å². The predicted octanol–water partition coefficient (Wildman–Crippen LogP) is 10.6. The molecule has 9 aromatic rings. The van der Waals surface area contributed by atoms with Crippen LogP contribution >= 0.6 is 0 Å². The van der Waals surface area contributed by atoms with E-state index in [1.54, 1.807) is 0 Å². The van der Waals surface area contributed by atoms with Crippen molar-refractivity contribution in [3.63, 3.8) is 0 Å². The van der Waals surface area contributed by atoms with Crippen LogP contribution in [-0.2, 0) is 5.41 Å². The topological polar surface area (TPSA) is 42.9 Å². The van der Waals surface area contributed by atoms with Crippen molar-refractivity contribution in [3.05, 3.63) is 179 Å². The highest BCUT2D eigenvalue weighted by atomic mass is 16.5. The third-order valence-electron chi connectivity index (χ3n) is 10.6. The van der Waals surface area contributed by atoms with Gasteiger partial charge in [0.05, 0.1) is 44.8 Å². The van der Waals surface area contributed by atoms with Crippen molar-refractivity contribution in [1.29, 1.82) is 5.26 Å². The molecule has 4 heterocycles. The average Bonchev–Trinajstić information content (AvgIpc) is 3.66. The minimum Gasteiger partial charge on any atom is -0.457 e. The van der Waals surface area contributed by atoms with Crippen LogP contribution in [-0.4, -0.2) is 9.13 Å². The number of para-hydroxylation sites is 5. The lowest BCUT2D eigenvalue weighted by molar-refractivity contribution is 0.435. The molecule has 0 saturated heterocycles. The molecule has 2 aliphatic rings. The molecule has 1 unspecified atom stereocenters. The van der Waals surface area contributed by atoms with E-state index < -0.39 is 5.41 Å². The second-order valence-electron chi connectivity index (χ2n) is 12.8. The Morgan fingerprint density at radius 3 is 1.94 bits per heavy atom. The number of ether oxygens (including phenoxy) is 1. The van der Waals surface area contributed by atoms with E-state index in [2.05, 4.69) is 143 Å². The van der Waals surface area contributed by atoms with Gasteiger partial charge < -0.3 is 13.9 Å². The number of fused-ring (bicyclic) bond motifs is 14. The van der Waals surface area contributed by atoms with Gasteiger partial charge in [-0.1, -0.05) is 91.0 Å². The molecule has 0 N–H and O–H groups in total. The lowest BCUT2D eigenvalue weighted by Gasteiger charge is -2.45. The van der Waals surface area contributed by atoms with Crippen molar-refractivity contribution in [2.75, 3.05) is 0 Å². The Labute approximate surface area is 275 Å². The molecular weight excluding hydrogens is 587 g/mol. The number of nitriles is 1. The monoisotopic (exact) mass is 611 g/mol. The summed E-state index contributed by atoms with van der Waals surface area (Å²) in [5.41, 5.74) is 11.5. The highest BCUT2D eigenvalue weighted by Gasteiger charge is 2.50. The van der Waals surface area contributed by atoms with E-state index in [0.29, 0.717) is 5.56 Å². The molecule has 48 heavy (non-hydrogen) atoms. The van der Waals surface area contributed by atoms with Gasteiger partial charge in [-0.3, -0.25) is 0 Å². The van der Waals surface area contributed by atoms with Crippen LogP contribution in [0.3, 0.4) is 0 Å². The van der Waals surface area contributed by atoms with Crippen molar-refractivity contribution in [2.45, 2.75) is 5.41 Å². The summed E-state index contributed by atoms with van der Waals surface area (Å²) >= 11 is 0. The van der Waals surface area contributed by atoms with Crippen LogP contribution in [0.5, 0.6) is 11.5 Å². The molecule has 4 heteroatoms. The Morgan fingerprint density at radius 1 is 0.479 bits per heavy atom. The van der Waals surface area contributed by atoms with E-state index in [-0.39, 0.29) is 0 Å². The summed E-state index contributed by atoms with van der Waals surface area (Å²) < 4.78 is 11.7. The first kappa shape index (κ1) is 25.6. The molecule has 2 aliphatic heterocycles. The van der Waals surface area contributed by atoms with Gasteiger partial charge in [0.2, 0.25) is 0 Å². The molecule has 0 saturated carbocycles. The fraction of sp³-hybridized carbons (Fsp3) is 0.0227. The molecule has 4 nitrogen and oxygen atoms in total. The first-order chi connectivity index (χ1) is 23.8. The fourth-order valence-corrected chi connectivity index (χ4v) is 8.75. The van der Waals surface area contributed by atoms with Crippen LogP contribution in [0, 0.1) is 11.3 Å². The lowest BCUT2D eigenvalue weighted by Crippen LogP contribution is -2.37. The third-order valence-corrected chi connectivity index (χ3v) is 10.6. The number of rotatable bonds is 1. The van der Waals surface area contributed by atoms with Crippen molar-refractivity contribution >= 4 is 43.6 Å². The zero-order chi connectivity index (χ0) is 31.6. The van der Waals surface area contributed by atoms with Crippen LogP contribution < -0.4 is 4.74 Å². The second-order valence-corrected chi connectivity index (χ2v) is 12.8. The lowest BCUT2D eigenvalue weighted by atomic mass is 9.61. The highest BCUT2D eigenvalue weighted by molar-refractivity contribution is 6.13. The van der Waals surface area contributed by atoms with Crippen molar-refractivity contribution < 1.29 is 4.74 Å². The average molecular weight is 612 g/mol. The first-order valence-corrected chi connectivity index (χ1v) is 16.3. The maximum Gasteiger partial charge on any atom is 0.133 e. The first-order valence-electron chi connectivity index (χ1n) is 16.3. The van der Waals surface area contributed by atoms with Gasteiger partial charge in [0.15, 0.2) is 0 Å².